The first-order chi connectivity index (χ1) is 15.1. The Bertz CT molecular complexity index is 1160. The van der Waals surface area contributed by atoms with Gasteiger partial charge in [-0.2, -0.15) is 0 Å². The summed E-state index contributed by atoms with van der Waals surface area (Å²) in [5, 5.41) is 3.97. The number of nitrogens with zero attached hydrogens (tertiary/aromatic N) is 3. The predicted octanol–water partition coefficient (Wildman–Crippen LogP) is 5.28. The number of aromatic nitrogens is 2. The molecule has 0 unspecified atom stereocenters. The Hall–Kier alpha value is -3.80. The molecule has 5 nitrogen and oxygen atoms in total. The van der Waals surface area contributed by atoms with Gasteiger partial charge in [0.15, 0.2) is 0 Å². The summed E-state index contributed by atoms with van der Waals surface area (Å²) in [7, 11) is 0. The van der Waals surface area contributed by atoms with Crippen LogP contribution in [0.4, 0.5) is 4.39 Å². The maximum absolute atomic E-state index is 13.5. The molecule has 0 fully saturated rings. The van der Waals surface area contributed by atoms with Crippen LogP contribution in [0.2, 0.25) is 0 Å². The highest BCUT2D eigenvalue weighted by molar-refractivity contribution is 5.92. The molecule has 0 saturated carbocycles. The monoisotopic (exact) mass is 415 g/mol. The van der Waals surface area contributed by atoms with Crippen molar-refractivity contribution in [1.29, 1.82) is 0 Å². The summed E-state index contributed by atoms with van der Waals surface area (Å²) in [6.45, 7) is 2.89. The van der Waals surface area contributed by atoms with E-state index in [1.54, 1.807) is 35.5 Å². The molecule has 2 aromatic carbocycles. The number of halogens is 1. The van der Waals surface area contributed by atoms with Crippen LogP contribution < -0.4 is 0 Å². The predicted molar refractivity (Wildman–Crippen MR) is 116 cm³/mol. The largest absolute Gasteiger partial charge is 0.350 e. The summed E-state index contributed by atoms with van der Waals surface area (Å²) < 4.78 is 18.9. The van der Waals surface area contributed by atoms with Gasteiger partial charge in [0, 0.05) is 37.1 Å². The second-order valence-corrected chi connectivity index (χ2v) is 7.28. The smallest absolute Gasteiger partial charge is 0.293 e. The number of amides is 1. The third-order valence-corrected chi connectivity index (χ3v) is 5.03. The van der Waals surface area contributed by atoms with Crippen LogP contribution in [0.5, 0.6) is 0 Å². The second kappa shape index (κ2) is 9.34. The normalized spacial score (nSPS) is 10.8. The average molecular weight is 415 g/mol. The minimum Gasteiger partial charge on any atom is -0.350 e. The third kappa shape index (κ3) is 5.04. The Morgan fingerprint density at radius 3 is 2.45 bits per heavy atom. The fourth-order valence-corrected chi connectivity index (χ4v) is 3.33. The van der Waals surface area contributed by atoms with Gasteiger partial charge in [-0.1, -0.05) is 54.5 Å². The lowest BCUT2D eigenvalue weighted by Gasteiger charge is -2.21. The molecule has 156 valence electrons. The summed E-state index contributed by atoms with van der Waals surface area (Å²) in [6.07, 6.45) is 4.39. The Labute approximate surface area is 180 Å². The molecular formula is C25H22FN3O2. The second-order valence-electron chi connectivity index (χ2n) is 7.28. The maximum atomic E-state index is 13.5. The van der Waals surface area contributed by atoms with Crippen LogP contribution in [0.1, 0.15) is 34.2 Å². The molecule has 0 bridgehead atoms. The Balaban J connectivity index is 1.60. The van der Waals surface area contributed by atoms with E-state index in [1.807, 2.05) is 24.3 Å². The molecule has 0 spiro atoms. The third-order valence-electron chi connectivity index (χ3n) is 5.03. The molecule has 4 aromatic rings. The minimum atomic E-state index is -0.373. The van der Waals surface area contributed by atoms with E-state index in [9.17, 15) is 9.18 Å². The van der Waals surface area contributed by atoms with Crippen LogP contribution in [0.3, 0.4) is 0 Å². The molecule has 0 aliphatic rings. The molecule has 6 heteroatoms. The van der Waals surface area contributed by atoms with Crippen LogP contribution in [-0.2, 0) is 19.5 Å². The van der Waals surface area contributed by atoms with Crippen LogP contribution >= 0.6 is 0 Å². The number of carbonyl (C=O) groups excluding carboxylic acids is 1. The van der Waals surface area contributed by atoms with Crippen LogP contribution in [0, 0.1) is 5.82 Å². The van der Waals surface area contributed by atoms with E-state index in [4.69, 9.17) is 4.52 Å². The number of hydrogen-bond acceptors (Lipinski definition) is 4. The molecule has 2 heterocycles. The zero-order valence-electron chi connectivity index (χ0n) is 17.2. The quantitative estimate of drug-likeness (QED) is 0.412. The van der Waals surface area contributed by atoms with E-state index in [0.717, 1.165) is 17.5 Å². The molecule has 1 amide bonds. The van der Waals surface area contributed by atoms with Gasteiger partial charge in [0.25, 0.3) is 5.91 Å². The summed E-state index contributed by atoms with van der Waals surface area (Å²) in [4.78, 5) is 19.1. The first-order valence-corrected chi connectivity index (χ1v) is 10.1. The lowest BCUT2D eigenvalue weighted by molar-refractivity contribution is 0.0687. The van der Waals surface area contributed by atoms with Gasteiger partial charge in [0.1, 0.15) is 11.5 Å². The Morgan fingerprint density at radius 2 is 1.74 bits per heavy atom. The van der Waals surface area contributed by atoms with Crippen LogP contribution in [0.25, 0.3) is 11.3 Å². The van der Waals surface area contributed by atoms with Gasteiger partial charge in [0.05, 0.1) is 0 Å². The lowest BCUT2D eigenvalue weighted by Crippen LogP contribution is -2.30. The van der Waals surface area contributed by atoms with Crippen LogP contribution in [-0.4, -0.2) is 20.9 Å². The summed E-state index contributed by atoms with van der Waals surface area (Å²) in [5.74, 6) is -0.561. The first kappa shape index (κ1) is 20.5. The molecule has 0 atom stereocenters. The Morgan fingerprint density at radius 1 is 0.968 bits per heavy atom. The molecule has 0 aliphatic heterocycles. The number of hydrogen-bond donors (Lipinski definition) is 0. The molecule has 31 heavy (non-hydrogen) atoms. The molecule has 2 aromatic heterocycles. The van der Waals surface area contributed by atoms with E-state index in [1.165, 1.54) is 17.7 Å². The zero-order valence-corrected chi connectivity index (χ0v) is 17.2. The minimum absolute atomic E-state index is 0.105. The molecule has 0 saturated heterocycles. The van der Waals surface area contributed by atoms with Crippen molar-refractivity contribution < 1.29 is 13.7 Å². The van der Waals surface area contributed by atoms with Gasteiger partial charge in [-0.15, -0.1) is 0 Å². The number of aryl methyl sites for hydroxylation is 1. The highest BCUT2D eigenvalue weighted by atomic mass is 19.1. The molecule has 4 rings (SSSR count). The Kier molecular flexibility index (Phi) is 6.17. The van der Waals surface area contributed by atoms with Gasteiger partial charge in [0.2, 0.25) is 5.76 Å². The van der Waals surface area contributed by atoms with E-state index in [0.29, 0.717) is 24.3 Å². The van der Waals surface area contributed by atoms with Crippen molar-refractivity contribution in [3.05, 3.63) is 107 Å². The molecule has 0 N–H and O–H groups in total. The van der Waals surface area contributed by atoms with E-state index in [-0.39, 0.29) is 17.5 Å². The summed E-state index contributed by atoms with van der Waals surface area (Å²) in [6, 6.07) is 19.5. The van der Waals surface area contributed by atoms with Crippen molar-refractivity contribution >= 4 is 5.91 Å². The van der Waals surface area contributed by atoms with Crippen molar-refractivity contribution in [2.75, 3.05) is 0 Å². The highest BCUT2D eigenvalue weighted by Gasteiger charge is 2.22. The van der Waals surface area contributed by atoms with Gasteiger partial charge in [-0.05, 0) is 41.3 Å². The number of benzene rings is 2. The van der Waals surface area contributed by atoms with Crippen molar-refractivity contribution in [3.63, 3.8) is 0 Å². The fourth-order valence-electron chi connectivity index (χ4n) is 3.33. The first-order valence-electron chi connectivity index (χ1n) is 10.1. The number of rotatable bonds is 7. The van der Waals surface area contributed by atoms with Gasteiger partial charge < -0.3 is 9.42 Å². The van der Waals surface area contributed by atoms with Crippen molar-refractivity contribution in [2.45, 2.75) is 26.4 Å². The topological polar surface area (TPSA) is 59.2 Å². The standard InChI is InChI=1S/C25H22FN3O2/c1-2-18-8-10-19(11-9-18)16-29(17-20-5-4-12-27-15-20)25(30)24-14-23(28-31-24)21-6-3-7-22(26)13-21/h3-15H,2,16-17H2,1H3. The zero-order chi connectivity index (χ0) is 21.6. The van der Waals surface area contributed by atoms with Crippen molar-refractivity contribution in [3.8, 4) is 11.3 Å². The lowest BCUT2D eigenvalue weighted by atomic mass is 10.1. The van der Waals surface area contributed by atoms with Gasteiger partial charge in [-0.3, -0.25) is 9.78 Å². The summed E-state index contributed by atoms with van der Waals surface area (Å²) in [5.41, 5.74) is 4.13. The SMILES string of the molecule is CCc1ccc(CN(Cc2cccnc2)C(=O)c2cc(-c3cccc(F)c3)no2)cc1. The van der Waals surface area contributed by atoms with Gasteiger partial charge in [-0.25, -0.2) is 4.39 Å². The van der Waals surface area contributed by atoms with Crippen molar-refractivity contribution in [2.24, 2.45) is 0 Å². The van der Waals surface area contributed by atoms with E-state index in [2.05, 4.69) is 29.2 Å². The summed E-state index contributed by atoms with van der Waals surface area (Å²) >= 11 is 0. The van der Waals surface area contributed by atoms with Crippen molar-refractivity contribution in [1.82, 2.24) is 15.0 Å². The highest BCUT2D eigenvalue weighted by Crippen LogP contribution is 2.22. The van der Waals surface area contributed by atoms with E-state index >= 15 is 0 Å². The fraction of sp³-hybridized carbons (Fsp3) is 0.160. The van der Waals surface area contributed by atoms with Gasteiger partial charge >= 0.3 is 0 Å². The average Bonchev–Trinajstić information content (AvgIpc) is 3.30. The number of pyridine rings is 1. The number of carbonyl (C=O) groups is 1. The maximum Gasteiger partial charge on any atom is 0.293 e. The van der Waals surface area contributed by atoms with E-state index < -0.39 is 0 Å². The molecule has 0 radical (unpaired) electrons. The molecule has 0 aliphatic carbocycles. The molecular weight excluding hydrogens is 393 g/mol. The van der Waals surface area contributed by atoms with Crippen LogP contribution in [0.15, 0.2) is 83.6 Å².